The second kappa shape index (κ2) is 5.60. The second-order valence-electron chi connectivity index (χ2n) is 3.03. The van der Waals surface area contributed by atoms with E-state index in [0.717, 1.165) is 10.6 Å². The highest BCUT2D eigenvalue weighted by Gasteiger charge is 2.08. The first-order chi connectivity index (χ1) is 8.29. The molecule has 2 heterocycles. The Morgan fingerprint density at radius 2 is 2.47 bits per heavy atom. The largest absolute Gasteiger partial charge is 0.445 e. The van der Waals surface area contributed by atoms with Crippen molar-refractivity contribution in [3.05, 3.63) is 35.5 Å². The summed E-state index contributed by atoms with van der Waals surface area (Å²) in [5, 5.41) is 6.98. The average molecular weight is 266 g/mol. The highest BCUT2D eigenvalue weighted by atomic mass is 32.1. The van der Waals surface area contributed by atoms with E-state index in [9.17, 15) is 4.79 Å². The Hall–Kier alpha value is -1.66. The fraction of sp³-hybridized carbons (Fsp3) is 0.0909. The lowest BCUT2D eigenvalue weighted by atomic mass is 10.4. The average Bonchev–Trinajstić information content (AvgIpc) is 2.95. The first-order valence-electron chi connectivity index (χ1n) is 4.83. The molecule has 0 aliphatic heterocycles. The minimum absolute atomic E-state index is 0.189. The number of nitrogens with one attached hydrogen (secondary N) is 1. The summed E-state index contributed by atoms with van der Waals surface area (Å²) < 4.78 is 4.80. The molecule has 0 bridgehead atoms. The lowest BCUT2D eigenvalue weighted by Crippen LogP contribution is -2.13. The third-order valence-electron chi connectivity index (χ3n) is 1.82. The molecule has 2 aromatic heterocycles. The van der Waals surface area contributed by atoms with Crippen LogP contribution in [0.15, 0.2) is 35.5 Å². The number of carbonyl (C=O) groups is 1. The number of amides is 1. The maximum absolute atomic E-state index is 11.3. The number of thiophene rings is 1. The minimum atomic E-state index is -0.517. The summed E-state index contributed by atoms with van der Waals surface area (Å²) in [5.41, 5.74) is 0.865. The van der Waals surface area contributed by atoms with Gasteiger partial charge in [-0.05, 0) is 11.4 Å². The third-order valence-corrected chi connectivity index (χ3v) is 3.47. The van der Waals surface area contributed by atoms with Gasteiger partial charge in [0.15, 0.2) is 5.13 Å². The Morgan fingerprint density at radius 3 is 3.18 bits per heavy atom. The van der Waals surface area contributed by atoms with Crippen LogP contribution in [0.3, 0.4) is 0 Å². The Bertz CT molecular complexity index is 505. The Balaban J connectivity index is 1.99. The van der Waals surface area contributed by atoms with Crippen LogP contribution in [0.25, 0.3) is 10.6 Å². The predicted octanol–water partition coefficient (Wildman–Crippen LogP) is 3.61. The summed E-state index contributed by atoms with van der Waals surface area (Å²) in [7, 11) is 0. The van der Waals surface area contributed by atoms with Gasteiger partial charge in [0.05, 0.1) is 10.6 Å². The normalized spacial score (nSPS) is 9.88. The molecule has 0 aliphatic rings. The van der Waals surface area contributed by atoms with E-state index in [4.69, 9.17) is 4.74 Å². The molecule has 4 nitrogen and oxygen atoms in total. The summed E-state index contributed by atoms with van der Waals surface area (Å²) in [6.45, 7) is 3.65. The van der Waals surface area contributed by atoms with Crippen LogP contribution in [-0.2, 0) is 4.74 Å². The molecule has 0 aromatic carbocycles. The zero-order valence-corrected chi connectivity index (χ0v) is 10.5. The highest BCUT2D eigenvalue weighted by molar-refractivity contribution is 7.16. The minimum Gasteiger partial charge on any atom is -0.445 e. The molecule has 0 saturated carbocycles. The van der Waals surface area contributed by atoms with Gasteiger partial charge in [0.1, 0.15) is 6.61 Å². The van der Waals surface area contributed by atoms with Gasteiger partial charge in [0.2, 0.25) is 0 Å². The topological polar surface area (TPSA) is 51.2 Å². The van der Waals surface area contributed by atoms with Gasteiger partial charge in [0, 0.05) is 5.38 Å². The van der Waals surface area contributed by atoms with E-state index in [1.807, 2.05) is 22.9 Å². The SMILES string of the molecule is C=CCOC(=O)Nc1nc(-c2cccs2)cs1. The molecule has 0 aliphatic carbocycles. The number of aromatic nitrogens is 1. The number of carbonyl (C=O) groups excluding carboxylic acids is 1. The van der Waals surface area contributed by atoms with Crippen molar-refractivity contribution in [1.82, 2.24) is 4.98 Å². The monoisotopic (exact) mass is 266 g/mol. The molecule has 17 heavy (non-hydrogen) atoms. The van der Waals surface area contributed by atoms with Crippen molar-refractivity contribution in [2.45, 2.75) is 0 Å². The maximum Gasteiger partial charge on any atom is 0.413 e. The van der Waals surface area contributed by atoms with Gasteiger partial charge >= 0.3 is 6.09 Å². The molecule has 6 heteroatoms. The summed E-state index contributed by atoms with van der Waals surface area (Å²) in [5.74, 6) is 0. The highest BCUT2D eigenvalue weighted by Crippen LogP contribution is 2.28. The number of ether oxygens (including phenoxy) is 1. The Morgan fingerprint density at radius 1 is 1.59 bits per heavy atom. The molecule has 0 fully saturated rings. The third kappa shape index (κ3) is 3.15. The van der Waals surface area contributed by atoms with Gasteiger partial charge in [-0.3, -0.25) is 5.32 Å². The molecule has 88 valence electrons. The molecule has 0 unspecified atom stereocenters. The van der Waals surface area contributed by atoms with Gasteiger partial charge < -0.3 is 4.74 Å². The number of nitrogens with zero attached hydrogens (tertiary/aromatic N) is 1. The molecule has 2 aromatic rings. The van der Waals surface area contributed by atoms with Gasteiger partial charge in [-0.15, -0.1) is 22.7 Å². The first kappa shape index (κ1) is 11.8. The summed E-state index contributed by atoms with van der Waals surface area (Å²) in [6, 6.07) is 3.95. The summed E-state index contributed by atoms with van der Waals surface area (Å²) in [4.78, 5) is 16.6. The van der Waals surface area contributed by atoms with Crippen LogP contribution < -0.4 is 5.32 Å². The number of rotatable bonds is 4. The van der Waals surface area contributed by atoms with Gasteiger partial charge in [-0.2, -0.15) is 0 Å². The van der Waals surface area contributed by atoms with Crippen LogP contribution in [0.1, 0.15) is 0 Å². The van der Waals surface area contributed by atoms with E-state index in [1.54, 1.807) is 11.3 Å². The molecule has 2 rings (SSSR count). The van der Waals surface area contributed by atoms with Crippen molar-refractivity contribution in [2.24, 2.45) is 0 Å². The fourth-order valence-corrected chi connectivity index (χ4v) is 2.58. The van der Waals surface area contributed by atoms with Crippen molar-refractivity contribution < 1.29 is 9.53 Å². The Labute approximate surface area is 107 Å². The molecule has 0 saturated heterocycles. The zero-order valence-electron chi connectivity index (χ0n) is 8.88. The van der Waals surface area contributed by atoms with E-state index in [1.165, 1.54) is 17.4 Å². The van der Waals surface area contributed by atoms with E-state index in [-0.39, 0.29) is 6.61 Å². The number of hydrogen-bond donors (Lipinski definition) is 1. The molecule has 1 N–H and O–H groups in total. The zero-order chi connectivity index (χ0) is 12.1. The molecular weight excluding hydrogens is 256 g/mol. The fourth-order valence-electron chi connectivity index (χ4n) is 1.13. The first-order valence-corrected chi connectivity index (χ1v) is 6.59. The number of anilines is 1. The van der Waals surface area contributed by atoms with E-state index >= 15 is 0 Å². The van der Waals surface area contributed by atoms with Crippen molar-refractivity contribution in [3.8, 4) is 10.6 Å². The molecule has 0 atom stereocenters. The lowest BCUT2D eigenvalue weighted by molar-refractivity contribution is 0.174. The molecule has 0 radical (unpaired) electrons. The van der Waals surface area contributed by atoms with Crippen molar-refractivity contribution in [3.63, 3.8) is 0 Å². The maximum atomic E-state index is 11.3. The van der Waals surface area contributed by atoms with Crippen molar-refractivity contribution in [2.75, 3.05) is 11.9 Å². The van der Waals surface area contributed by atoms with Crippen LogP contribution in [-0.4, -0.2) is 17.7 Å². The summed E-state index contributed by atoms with van der Waals surface area (Å²) >= 11 is 2.98. The van der Waals surface area contributed by atoms with Crippen LogP contribution in [0.4, 0.5) is 9.93 Å². The van der Waals surface area contributed by atoms with Crippen LogP contribution in [0.2, 0.25) is 0 Å². The van der Waals surface area contributed by atoms with E-state index in [2.05, 4.69) is 16.9 Å². The predicted molar refractivity (Wildman–Crippen MR) is 70.6 cm³/mol. The number of thiazole rings is 1. The Kier molecular flexibility index (Phi) is 3.89. The van der Waals surface area contributed by atoms with Crippen LogP contribution in [0.5, 0.6) is 0 Å². The van der Waals surface area contributed by atoms with E-state index < -0.39 is 6.09 Å². The number of hydrogen-bond acceptors (Lipinski definition) is 5. The van der Waals surface area contributed by atoms with Gasteiger partial charge in [0.25, 0.3) is 0 Å². The van der Waals surface area contributed by atoms with Gasteiger partial charge in [-0.25, -0.2) is 9.78 Å². The molecule has 0 spiro atoms. The smallest absolute Gasteiger partial charge is 0.413 e. The van der Waals surface area contributed by atoms with E-state index in [0.29, 0.717) is 5.13 Å². The quantitative estimate of drug-likeness (QED) is 0.860. The second-order valence-corrected chi connectivity index (χ2v) is 4.83. The molecular formula is C11H10N2O2S2. The molecule has 1 amide bonds. The standard InChI is InChI=1S/C11H10N2O2S2/c1-2-5-15-11(14)13-10-12-8(7-17-10)9-4-3-6-16-9/h2-4,6-7H,1,5H2,(H,12,13,14). The lowest BCUT2D eigenvalue weighted by Gasteiger charge is -2.00. The van der Waals surface area contributed by atoms with Gasteiger partial charge in [-0.1, -0.05) is 18.7 Å². The van der Waals surface area contributed by atoms with Crippen LogP contribution >= 0.6 is 22.7 Å². The summed E-state index contributed by atoms with van der Waals surface area (Å²) in [6.07, 6.45) is 0.996. The van der Waals surface area contributed by atoms with Crippen molar-refractivity contribution in [1.29, 1.82) is 0 Å². The van der Waals surface area contributed by atoms with Crippen molar-refractivity contribution >= 4 is 33.9 Å². The van der Waals surface area contributed by atoms with Crippen LogP contribution in [0, 0.1) is 0 Å².